The second-order valence-corrected chi connectivity index (χ2v) is 14.3. The molecule has 1 aromatic heterocycles. The Labute approximate surface area is 272 Å². The average molecular weight is 603 g/mol. The van der Waals surface area contributed by atoms with Crippen LogP contribution in [0.1, 0.15) is 25.0 Å². The third-order valence-electron chi connectivity index (χ3n) is 10.4. The zero-order valence-electron chi connectivity index (χ0n) is 25.8. The number of rotatable bonds is 2. The number of hydrogen-bond acceptors (Lipinski definition) is 1. The van der Waals surface area contributed by atoms with E-state index in [1.807, 2.05) is 11.3 Å². The van der Waals surface area contributed by atoms with Gasteiger partial charge in [0.2, 0.25) is 0 Å². The molecule has 0 radical (unpaired) electrons. The number of benzene rings is 8. The molecule has 1 aliphatic rings. The monoisotopic (exact) mass is 602 g/mol. The lowest BCUT2D eigenvalue weighted by atomic mass is 9.81. The zero-order chi connectivity index (χ0) is 30.6. The van der Waals surface area contributed by atoms with E-state index in [9.17, 15) is 0 Å². The maximum Gasteiger partial charge on any atom is 0.0433 e. The predicted octanol–water partition coefficient (Wildman–Crippen LogP) is 13.2. The summed E-state index contributed by atoms with van der Waals surface area (Å²) in [5, 5.41) is 10.6. The molecule has 9 aromatic rings. The fourth-order valence-corrected chi connectivity index (χ4v) is 9.52. The Balaban J connectivity index is 1.25. The van der Waals surface area contributed by atoms with Crippen LogP contribution in [0.3, 0.4) is 0 Å². The summed E-state index contributed by atoms with van der Waals surface area (Å²) in [6.45, 7) is 4.79. The number of hydrogen-bond donors (Lipinski definition) is 0. The summed E-state index contributed by atoms with van der Waals surface area (Å²) < 4.78 is 2.76. The molecular formula is C45H30S. The largest absolute Gasteiger partial charge is 0.135 e. The molecule has 0 N–H and O–H groups in total. The van der Waals surface area contributed by atoms with Crippen molar-refractivity contribution in [3.63, 3.8) is 0 Å². The summed E-state index contributed by atoms with van der Waals surface area (Å²) in [7, 11) is 0. The SMILES string of the molecule is CC1(C)c2ccc(-c3c4ccccc4c(-c4ccccc4)c4ccccc34)cc2-c2cc3c(cc21)sc1c2ccccc2ccc31. The van der Waals surface area contributed by atoms with Crippen molar-refractivity contribution >= 4 is 63.8 Å². The minimum Gasteiger partial charge on any atom is -0.135 e. The maximum atomic E-state index is 2.49. The molecule has 46 heavy (non-hydrogen) atoms. The van der Waals surface area contributed by atoms with E-state index in [1.165, 1.54) is 97.0 Å². The van der Waals surface area contributed by atoms with Crippen LogP contribution in [0.2, 0.25) is 0 Å². The van der Waals surface area contributed by atoms with Crippen LogP contribution in [0.4, 0.5) is 0 Å². The molecule has 0 amide bonds. The molecule has 8 aromatic carbocycles. The second-order valence-electron chi connectivity index (χ2n) is 13.3. The normalized spacial score (nSPS) is 13.6. The molecule has 0 atom stereocenters. The van der Waals surface area contributed by atoms with Gasteiger partial charge in [-0.25, -0.2) is 0 Å². The standard InChI is InChI=1S/C45H30S/c1-45(2)39-23-21-29(43-33-18-10-8-16-31(33)42(28-13-4-3-5-14-28)32-17-9-11-19-34(32)43)24-36(39)37-25-38-35-22-20-27-12-6-7-15-30(27)44(35)46-41(38)26-40(37)45/h3-26H,1-2H3. The van der Waals surface area contributed by atoms with Gasteiger partial charge >= 0.3 is 0 Å². The molecule has 0 saturated carbocycles. The molecule has 0 bridgehead atoms. The molecule has 0 fully saturated rings. The number of thiophene rings is 1. The fraction of sp³-hybridized carbons (Fsp3) is 0.0667. The highest BCUT2D eigenvalue weighted by Gasteiger charge is 2.36. The van der Waals surface area contributed by atoms with Gasteiger partial charge in [-0.3, -0.25) is 0 Å². The Hall–Kier alpha value is -5.24. The fourth-order valence-electron chi connectivity index (χ4n) is 8.26. The first-order chi connectivity index (χ1) is 22.6. The zero-order valence-corrected chi connectivity index (χ0v) is 26.6. The van der Waals surface area contributed by atoms with Crippen molar-refractivity contribution in [1.29, 1.82) is 0 Å². The molecule has 1 aliphatic carbocycles. The molecule has 1 heteroatoms. The van der Waals surface area contributed by atoms with Crippen LogP contribution in [-0.4, -0.2) is 0 Å². The summed E-state index contributed by atoms with van der Waals surface area (Å²) in [5.41, 5.74) is 10.6. The van der Waals surface area contributed by atoms with E-state index in [0.717, 1.165) is 0 Å². The highest BCUT2D eigenvalue weighted by Crippen LogP contribution is 2.53. The van der Waals surface area contributed by atoms with Crippen molar-refractivity contribution in [3.05, 3.63) is 157 Å². The first-order valence-electron chi connectivity index (χ1n) is 16.1. The Morgan fingerprint density at radius 3 is 1.70 bits per heavy atom. The highest BCUT2D eigenvalue weighted by atomic mass is 32.1. The molecular weight excluding hydrogens is 573 g/mol. The molecule has 0 spiro atoms. The molecule has 216 valence electrons. The van der Waals surface area contributed by atoms with Gasteiger partial charge in [0, 0.05) is 25.6 Å². The van der Waals surface area contributed by atoms with E-state index in [2.05, 4.69) is 159 Å². The van der Waals surface area contributed by atoms with Crippen molar-refractivity contribution in [2.24, 2.45) is 0 Å². The van der Waals surface area contributed by atoms with Gasteiger partial charge in [-0.2, -0.15) is 0 Å². The van der Waals surface area contributed by atoms with Crippen LogP contribution in [0.25, 0.3) is 85.9 Å². The summed E-state index contributed by atoms with van der Waals surface area (Å²) in [5.74, 6) is 0. The van der Waals surface area contributed by atoms with Crippen molar-refractivity contribution in [2.75, 3.05) is 0 Å². The van der Waals surface area contributed by atoms with Crippen molar-refractivity contribution in [3.8, 4) is 33.4 Å². The van der Waals surface area contributed by atoms with Crippen LogP contribution >= 0.6 is 11.3 Å². The van der Waals surface area contributed by atoms with Crippen LogP contribution in [0, 0.1) is 0 Å². The molecule has 1 heterocycles. The Bertz CT molecular complexity index is 2650. The molecule has 0 unspecified atom stereocenters. The van der Waals surface area contributed by atoms with Gasteiger partial charge in [-0.1, -0.05) is 141 Å². The smallest absolute Gasteiger partial charge is 0.0433 e. The molecule has 10 rings (SSSR count). The van der Waals surface area contributed by atoms with Crippen LogP contribution in [0.15, 0.2) is 146 Å². The summed E-state index contributed by atoms with van der Waals surface area (Å²) in [6, 6.07) is 54.4. The lowest BCUT2D eigenvalue weighted by Gasteiger charge is -2.22. The highest BCUT2D eigenvalue weighted by molar-refractivity contribution is 7.26. The Morgan fingerprint density at radius 1 is 0.413 bits per heavy atom. The molecule has 0 aliphatic heterocycles. The van der Waals surface area contributed by atoms with E-state index in [0.29, 0.717) is 0 Å². The third-order valence-corrected chi connectivity index (χ3v) is 11.6. The second kappa shape index (κ2) is 9.39. The van der Waals surface area contributed by atoms with E-state index >= 15 is 0 Å². The van der Waals surface area contributed by atoms with Gasteiger partial charge in [-0.05, 0) is 95.0 Å². The van der Waals surface area contributed by atoms with Crippen molar-refractivity contribution < 1.29 is 0 Å². The summed E-state index contributed by atoms with van der Waals surface area (Å²) in [6.07, 6.45) is 0. The van der Waals surface area contributed by atoms with Crippen molar-refractivity contribution in [1.82, 2.24) is 0 Å². The van der Waals surface area contributed by atoms with Crippen molar-refractivity contribution in [2.45, 2.75) is 19.3 Å². The lowest BCUT2D eigenvalue weighted by molar-refractivity contribution is 0.661. The quantitative estimate of drug-likeness (QED) is 0.173. The molecule has 0 nitrogen and oxygen atoms in total. The van der Waals surface area contributed by atoms with Gasteiger partial charge in [0.15, 0.2) is 0 Å². The van der Waals surface area contributed by atoms with Gasteiger partial charge in [0.05, 0.1) is 0 Å². The van der Waals surface area contributed by atoms with Gasteiger partial charge < -0.3 is 0 Å². The average Bonchev–Trinajstić information content (AvgIpc) is 3.58. The first-order valence-corrected chi connectivity index (χ1v) is 16.9. The lowest BCUT2D eigenvalue weighted by Crippen LogP contribution is -2.14. The minimum atomic E-state index is -0.0725. The van der Waals surface area contributed by atoms with Gasteiger partial charge in [-0.15, -0.1) is 11.3 Å². The van der Waals surface area contributed by atoms with Crippen LogP contribution in [0.5, 0.6) is 0 Å². The summed E-state index contributed by atoms with van der Waals surface area (Å²) >= 11 is 1.94. The third kappa shape index (κ3) is 3.49. The van der Waals surface area contributed by atoms with Crippen LogP contribution < -0.4 is 0 Å². The molecule has 0 saturated heterocycles. The first kappa shape index (κ1) is 26.0. The van der Waals surface area contributed by atoms with E-state index in [-0.39, 0.29) is 5.41 Å². The maximum absolute atomic E-state index is 2.49. The minimum absolute atomic E-state index is 0.0725. The van der Waals surface area contributed by atoms with E-state index < -0.39 is 0 Å². The van der Waals surface area contributed by atoms with E-state index in [1.54, 1.807) is 0 Å². The Kier molecular flexibility index (Phi) is 5.31. The predicted molar refractivity (Wildman–Crippen MR) is 200 cm³/mol. The van der Waals surface area contributed by atoms with Gasteiger partial charge in [0.25, 0.3) is 0 Å². The topological polar surface area (TPSA) is 0 Å². The number of fused-ring (bicyclic) bond motifs is 10. The van der Waals surface area contributed by atoms with E-state index in [4.69, 9.17) is 0 Å². The Morgan fingerprint density at radius 2 is 1.00 bits per heavy atom. The van der Waals surface area contributed by atoms with Gasteiger partial charge in [0.1, 0.15) is 0 Å². The summed E-state index contributed by atoms with van der Waals surface area (Å²) in [4.78, 5) is 0. The van der Waals surface area contributed by atoms with Crippen LogP contribution in [-0.2, 0) is 5.41 Å².